The zero-order valence-electron chi connectivity index (χ0n) is 18.6. The molecule has 0 unspecified atom stereocenters. The van der Waals surface area contributed by atoms with E-state index in [-0.39, 0.29) is 22.2 Å². The van der Waals surface area contributed by atoms with E-state index in [0.717, 1.165) is 19.3 Å². The third-order valence-corrected chi connectivity index (χ3v) is 8.28. The maximum absolute atomic E-state index is 13.6. The summed E-state index contributed by atoms with van der Waals surface area (Å²) in [7, 11) is -3.59. The molecule has 1 fully saturated rings. The molecule has 1 aliphatic rings. The molecule has 34 heavy (non-hydrogen) atoms. The Balaban J connectivity index is 1.32. The van der Waals surface area contributed by atoms with Crippen LogP contribution < -0.4 is 5.32 Å². The summed E-state index contributed by atoms with van der Waals surface area (Å²) < 4.78 is 41.3. The number of sulfonamides is 1. The molecule has 1 N–H and O–H groups in total. The van der Waals surface area contributed by atoms with Gasteiger partial charge in [-0.2, -0.15) is 4.31 Å². The number of hydrogen-bond donors (Lipinski definition) is 1. The van der Waals surface area contributed by atoms with Crippen molar-refractivity contribution in [1.29, 1.82) is 0 Å². The van der Waals surface area contributed by atoms with Crippen molar-refractivity contribution in [2.24, 2.45) is 5.92 Å². The average Bonchev–Trinajstić information content (AvgIpc) is 2.83. The van der Waals surface area contributed by atoms with Crippen molar-refractivity contribution in [3.05, 3.63) is 94.8 Å². The number of halogens is 2. The number of piperidine rings is 1. The number of anilines is 1. The van der Waals surface area contributed by atoms with Crippen LogP contribution in [0.1, 0.15) is 24.0 Å². The predicted molar refractivity (Wildman–Crippen MR) is 132 cm³/mol. The molecule has 1 amide bonds. The summed E-state index contributed by atoms with van der Waals surface area (Å²) in [5, 5.41) is 2.71. The summed E-state index contributed by atoms with van der Waals surface area (Å²) in [5.41, 5.74) is 2.25. The monoisotopic (exact) mass is 500 g/mol. The molecule has 0 radical (unpaired) electrons. The van der Waals surface area contributed by atoms with Crippen LogP contribution in [0.15, 0.2) is 77.7 Å². The molecule has 0 aliphatic carbocycles. The van der Waals surface area contributed by atoms with E-state index in [2.05, 4.69) is 17.4 Å². The number of nitrogens with zero attached hydrogens (tertiary/aromatic N) is 1. The Hall–Kier alpha value is -2.74. The molecule has 0 spiro atoms. The van der Waals surface area contributed by atoms with Crippen LogP contribution in [0.25, 0.3) is 0 Å². The van der Waals surface area contributed by atoms with Crippen molar-refractivity contribution < 1.29 is 17.6 Å². The molecule has 0 atom stereocenters. The molecule has 1 saturated heterocycles. The van der Waals surface area contributed by atoms with Crippen LogP contribution in [-0.2, 0) is 27.7 Å². The van der Waals surface area contributed by atoms with Gasteiger partial charge in [0.2, 0.25) is 15.9 Å². The van der Waals surface area contributed by atoms with Gasteiger partial charge in [0.15, 0.2) is 0 Å². The van der Waals surface area contributed by atoms with Crippen LogP contribution in [0.2, 0.25) is 5.02 Å². The van der Waals surface area contributed by atoms with Gasteiger partial charge in [0, 0.05) is 18.8 Å². The van der Waals surface area contributed by atoms with Gasteiger partial charge in [0.05, 0.1) is 16.3 Å². The van der Waals surface area contributed by atoms with Crippen LogP contribution in [-0.4, -0.2) is 31.7 Å². The fourth-order valence-electron chi connectivity index (χ4n) is 4.20. The van der Waals surface area contributed by atoms with Gasteiger partial charge >= 0.3 is 0 Å². The van der Waals surface area contributed by atoms with E-state index in [9.17, 15) is 17.6 Å². The molecule has 0 bridgehead atoms. The first-order valence-electron chi connectivity index (χ1n) is 11.2. The summed E-state index contributed by atoms with van der Waals surface area (Å²) in [5.74, 6) is -0.441. The lowest BCUT2D eigenvalue weighted by Crippen LogP contribution is -2.38. The molecule has 1 heterocycles. The molecule has 5 nitrogen and oxygen atoms in total. The van der Waals surface area contributed by atoms with E-state index in [1.165, 1.54) is 34.1 Å². The molecule has 0 saturated carbocycles. The molecule has 1 aliphatic heterocycles. The second kappa shape index (κ2) is 10.7. The van der Waals surface area contributed by atoms with Crippen LogP contribution >= 0.6 is 11.6 Å². The Bertz CT molecular complexity index is 1240. The highest BCUT2D eigenvalue weighted by Gasteiger charge is 2.29. The number of carbonyl (C=O) groups excluding carboxylic acids is 1. The summed E-state index contributed by atoms with van der Waals surface area (Å²) in [6, 6.07) is 20.6. The molecular weight excluding hydrogens is 475 g/mol. The minimum Gasteiger partial charge on any atom is -0.326 e. The van der Waals surface area contributed by atoms with Crippen LogP contribution in [0.4, 0.5) is 10.1 Å². The lowest BCUT2D eigenvalue weighted by Gasteiger charge is -2.31. The average molecular weight is 501 g/mol. The third-order valence-electron chi connectivity index (χ3n) is 6.07. The van der Waals surface area contributed by atoms with Gasteiger partial charge in [0.1, 0.15) is 5.82 Å². The van der Waals surface area contributed by atoms with Crippen LogP contribution in [0, 0.1) is 11.7 Å². The Morgan fingerprint density at radius 3 is 2.29 bits per heavy atom. The summed E-state index contributed by atoms with van der Waals surface area (Å²) >= 11 is 5.67. The van der Waals surface area contributed by atoms with E-state index in [1.54, 1.807) is 18.2 Å². The van der Waals surface area contributed by atoms with Gasteiger partial charge in [0.25, 0.3) is 0 Å². The SMILES string of the molecule is O=C(Cc1ccc(Cl)c(F)c1)Nc1ccc(S(=O)(=O)N2CCC(Cc3ccccc3)CC2)cc1. The molecular formula is C26H26ClFN2O3S. The topological polar surface area (TPSA) is 66.5 Å². The lowest BCUT2D eigenvalue weighted by atomic mass is 9.91. The first-order chi connectivity index (χ1) is 16.3. The molecule has 0 aromatic heterocycles. The van der Waals surface area contributed by atoms with Gasteiger partial charge in [-0.15, -0.1) is 0 Å². The normalized spacial score (nSPS) is 15.2. The van der Waals surface area contributed by atoms with E-state index in [4.69, 9.17) is 11.6 Å². The van der Waals surface area contributed by atoms with Crippen LogP contribution in [0.3, 0.4) is 0 Å². The second-order valence-corrected chi connectivity index (χ2v) is 10.9. The summed E-state index contributed by atoms with van der Waals surface area (Å²) in [6.45, 7) is 0.992. The van der Waals surface area contributed by atoms with Crippen molar-refractivity contribution in [2.75, 3.05) is 18.4 Å². The first-order valence-corrected chi connectivity index (χ1v) is 13.0. The molecule has 178 valence electrons. The van der Waals surface area contributed by atoms with Gasteiger partial charge in [-0.3, -0.25) is 4.79 Å². The largest absolute Gasteiger partial charge is 0.326 e. The number of rotatable bonds is 7. The Labute approximate surface area is 204 Å². The highest BCUT2D eigenvalue weighted by molar-refractivity contribution is 7.89. The van der Waals surface area contributed by atoms with Crippen molar-refractivity contribution in [1.82, 2.24) is 4.31 Å². The quantitative estimate of drug-likeness (QED) is 0.478. The van der Waals surface area contributed by atoms with Crippen molar-refractivity contribution in [2.45, 2.75) is 30.6 Å². The van der Waals surface area contributed by atoms with Gasteiger partial charge in [-0.1, -0.05) is 48.0 Å². The fraction of sp³-hybridized carbons (Fsp3) is 0.269. The Morgan fingerprint density at radius 1 is 0.971 bits per heavy atom. The zero-order chi connectivity index (χ0) is 24.1. The number of amides is 1. The fourth-order valence-corrected chi connectivity index (χ4v) is 5.79. The molecule has 3 aromatic rings. The molecule has 8 heteroatoms. The number of benzene rings is 3. The highest BCUT2D eigenvalue weighted by Crippen LogP contribution is 2.27. The maximum atomic E-state index is 13.6. The van der Waals surface area contributed by atoms with Gasteiger partial charge in [-0.05, 0) is 72.7 Å². The Kier molecular flexibility index (Phi) is 7.66. The zero-order valence-corrected chi connectivity index (χ0v) is 20.2. The van der Waals surface area contributed by atoms with E-state index >= 15 is 0 Å². The van der Waals surface area contributed by atoms with E-state index in [0.29, 0.717) is 30.3 Å². The smallest absolute Gasteiger partial charge is 0.243 e. The number of carbonyl (C=O) groups is 1. The lowest BCUT2D eigenvalue weighted by molar-refractivity contribution is -0.115. The van der Waals surface area contributed by atoms with Crippen molar-refractivity contribution in [3.63, 3.8) is 0 Å². The van der Waals surface area contributed by atoms with Crippen molar-refractivity contribution >= 4 is 33.2 Å². The van der Waals surface area contributed by atoms with Gasteiger partial charge in [-0.25, -0.2) is 12.8 Å². The standard InChI is InChI=1S/C26H26ClFN2O3S/c27-24-11-6-21(17-25(24)28)18-26(31)29-22-7-9-23(10-8-22)34(32,33)30-14-12-20(13-15-30)16-19-4-2-1-3-5-19/h1-11,17,20H,12-16,18H2,(H,29,31). The first kappa shape index (κ1) is 24.4. The summed E-state index contributed by atoms with van der Waals surface area (Å²) in [4.78, 5) is 12.5. The summed E-state index contributed by atoms with van der Waals surface area (Å²) in [6.07, 6.45) is 2.60. The second-order valence-electron chi connectivity index (χ2n) is 8.53. The van der Waals surface area contributed by atoms with E-state index in [1.807, 2.05) is 18.2 Å². The molecule has 4 rings (SSSR count). The number of nitrogens with one attached hydrogen (secondary N) is 1. The Morgan fingerprint density at radius 2 is 1.65 bits per heavy atom. The minimum absolute atomic E-state index is 0.00127. The molecule has 3 aromatic carbocycles. The number of hydrogen-bond acceptors (Lipinski definition) is 3. The van der Waals surface area contributed by atoms with Crippen molar-refractivity contribution in [3.8, 4) is 0 Å². The van der Waals surface area contributed by atoms with Crippen LogP contribution in [0.5, 0.6) is 0 Å². The van der Waals surface area contributed by atoms with E-state index < -0.39 is 15.8 Å². The highest BCUT2D eigenvalue weighted by atomic mass is 35.5. The maximum Gasteiger partial charge on any atom is 0.243 e. The minimum atomic E-state index is -3.59. The van der Waals surface area contributed by atoms with Gasteiger partial charge < -0.3 is 5.32 Å². The third kappa shape index (κ3) is 6.03. The predicted octanol–water partition coefficient (Wildman–Crippen LogP) is 5.30.